The minimum absolute atomic E-state index is 0.0732. The highest BCUT2D eigenvalue weighted by Gasteiger charge is 2.06. The van der Waals surface area contributed by atoms with E-state index >= 15 is 0 Å². The largest absolute Gasteiger partial charge is 0.382 e. The number of hydrogen-bond acceptors (Lipinski definition) is 5. The van der Waals surface area contributed by atoms with Crippen molar-refractivity contribution in [3.05, 3.63) is 0 Å². The van der Waals surface area contributed by atoms with Gasteiger partial charge >= 0.3 is 0 Å². The predicted octanol–water partition coefficient (Wildman–Crippen LogP) is 3.49. The Morgan fingerprint density at radius 2 is 1.41 bits per heavy atom. The van der Waals surface area contributed by atoms with Crippen molar-refractivity contribution in [2.24, 2.45) is 0 Å². The number of rotatable bonds is 21. The molecule has 0 unspecified atom stereocenters. The number of amides is 1. The molecule has 160 valence electrons. The molecule has 0 aromatic rings. The third-order valence-corrected chi connectivity index (χ3v) is 4.18. The summed E-state index contributed by atoms with van der Waals surface area (Å²) >= 11 is 5.62. The second kappa shape index (κ2) is 21.6. The molecule has 1 N–H and O–H groups in total. The Labute approximate surface area is 169 Å². The Balaban J connectivity index is 3.28. The number of carbonyl (C=O) groups excluding carboxylic acids is 2. The van der Waals surface area contributed by atoms with Gasteiger partial charge in [-0.25, -0.2) is 0 Å². The standard InChI is InChI=1S/C20H38ClNO5/c1-2-25-16-8-13-22-20(24)11-10-19(23)9-7-15-27-18-17-26-14-6-4-3-5-12-21/h2-18H2,1H3,(H,22,24). The lowest BCUT2D eigenvalue weighted by molar-refractivity contribution is -0.125. The van der Waals surface area contributed by atoms with E-state index in [2.05, 4.69) is 5.32 Å². The van der Waals surface area contributed by atoms with Crippen LogP contribution in [0.25, 0.3) is 0 Å². The quantitative estimate of drug-likeness (QED) is 0.233. The fourth-order valence-electron chi connectivity index (χ4n) is 2.36. The first-order valence-corrected chi connectivity index (χ1v) is 10.8. The SMILES string of the molecule is CCOCCCNC(=O)CCC(=O)CCCOCCOCCCCCCCl. The number of alkyl halides is 1. The number of unbranched alkanes of at least 4 members (excludes halogenated alkanes) is 3. The van der Waals surface area contributed by atoms with E-state index in [0.717, 1.165) is 44.6 Å². The lowest BCUT2D eigenvalue weighted by atomic mass is 10.1. The van der Waals surface area contributed by atoms with Crippen LogP contribution in [0.3, 0.4) is 0 Å². The zero-order valence-electron chi connectivity index (χ0n) is 16.9. The normalized spacial score (nSPS) is 10.9. The number of halogens is 1. The smallest absolute Gasteiger partial charge is 0.220 e. The second-order valence-corrected chi connectivity index (χ2v) is 6.75. The van der Waals surface area contributed by atoms with Gasteiger partial charge in [0.05, 0.1) is 13.2 Å². The molecule has 0 fully saturated rings. The molecule has 0 aliphatic carbocycles. The molecule has 0 radical (unpaired) electrons. The van der Waals surface area contributed by atoms with Crippen LogP contribution in [0.4, 0.5) is 0 Å². The first kappa shape index (κ1) is 26.3. The summed E-state index contributed by atoms with van der Waals surface area (Å²) in [7, 11) is 0. The van der Waals surface area contributed by atoms with Crippen LogP contribution in [-0.4, -0.2) is 63.8 Å². The van der Waals surface area contributed by atoms with Crippen molar-refractivity contribution < 1.29 is 23.8 Å². The molecule has 27 heavy (non-hydrogen) atoms. The maximum atomic E-state index is 11.8. The second-order valence-electron chi connectivity index (χ2n) is 6.37. The molecule has 1 amide bonds. The summed E-state index contributed by atoms with van der Waals surface area (Å²) in [5.41, 5.74) is 0. The highest BCUT2D eigenvalue weighted by molar-refractivity contribution is 6.17. The lowest BCUT2D eigenvalue weighted by Crippen LogP contribution is -2.25. The number of nitrogens with one attached hydrogen (secondary N) is 1. The Morgan fingerprint density at radius 1 is 0.741 bits per heavy atom. The average molecular weight is 408 g/mol. The first-order chi connectivity index (χ1) is 13.2. The Morgan fingerprint density at radius 3 is 2.11 bits per heavy atom. The van der Waals surface area contributed by atoms with E-state index in [1.807, 2.05) is 6.92 Å². The van der Waals surface area contributed by atoms with Gasteiger partial charge < -0.3 is 19.5 Å². The van der Waals surface area contributed by atoms with Gasteiger partial charge in [-0.15, -0.1) is 11.6 Å². The van der Waals surface area contributed by atoms with Gasteiger partial charge in [0.25, 0.3) is 0 Å². The molecule has 0 saturated heterocycles. The van der Waals surface area contributed by atoms with Crippen molar-refractivity contribution >= 4 is 23.3 Å². The van der Waals surface area contributed by atoms with Crippen molar-refractivity contribution in [3.63, 3.8) is 0 Å². The third-order valence-electron chi connectivity index (χ3n) is 3.91. The van der Waals surface area contributed by atoms with Crippen LogP contribution in [0.5, 0.6) is 0 Å². The molecule has 0 aromatic carbocycles. The molecule has 0 saturated carbocycles. The summed E-state index contributed by atoms with van der Waals surface area (Å²) in [4.78, 5) is 23.4. The highest BCUT2D eigenvalue weighted by atomic mass is 35.5. The number of hydrogen-bond donors (Lipinski definition) is 1. The topological polar surface area (TPSA) is 73.9 Å². The molecule has 0 aliphatic heterocycles. The predicted molar refractivity (Wildman–Crippen MR) is 108 cm³/mol. The fourth-order valence-corrected chi connectivity index (χ4v) is 2.55. The van der Waals surface area contributed by atoms with Crippen molar-refractivity contribution in [3.8, 4) is 0 Å². The van der Waals surface area contributed by atoms with Crippen LogP contribution in [0.1, 0.15) is 64.7 Å². The van der Waals surface area contributed by atoms with Gasteiger partial charge in [-0.1, -0.05) is 12.8 Å². The molecular formula is C20H38ClNO5. The molecular weight excluding hydrogens is 370 g/mol. The number of ether oxygens (including phenoxy) is 3. The zero-order chi connectivity index (χ0) is 20.0. The van der Waals surface area contributed by atoms with E-state index < -0.39 is 0 Å². The average Bonchev–Trinajstić information content (AvgIpc) is 2.67. The van der Waals surface area contributed by atoms with E-state index in [0.29, 0.717) is 58.8 Å². The summed E-state index contributed by atoms with van der Waals surface area (Å²) < 4.78 is 16.1. The molecule has 0 atom stereocenters. The maximum absolute atomic E-state index is 11.8. The van der Waals surface area contributed by atoms with Gasteiger partial charge in [0, 0.05) is 58.1 Å². The van der Waals surface area contributed by atoms with E-state index in [1.165, 1.54) is 0 Å². The van der Waals surface area contributed by atoms with Crippen LogP contribution in [0.2, 0.25) is 0 Å². The zero-order valence-corrected chi connectivity index (χ0v) is 17.7. The number of ketones is 1. The van der Waals surface area contributed by atoms with Gasteiger partial charge in [-0.3, -0.25) is 9.59 Å². The minimum Gasteiger partial charge on any atom is -0.382 e. The van der Waals surface area contributed by atoms with E-state index in [1.54, 1.807) is 0 Å². The maximum Gasteiger partial charge on any atom is 0.220 e. The number of Topliss-reactive ketones (excluding diaryl/α,β-unsaturated/α-hetero) is 1. The Bertz CT molecular complexity index is 355. The van der Waals surface area contributed by atoms with Gasteiger partial charge in [0.1, 0.15) is 5.78 Å². The molecule has 6 nitrogen and oxygen atoms in total. The molecule has 0 aliphatic rings. The van der Waals surface area contributed by atoms with Crippen LogP contribution in [-0.2, 0) is 23.8 Å². The van der Waals surface area contributed by atoms with Crippen molar-refractivity contribution in [1.29, 1.82) is 0 Å². The van der Waals surface area contributed by atoms with Crippen LogP contribution in [0.15, 0.2) is 0 Å². The van der Waals surface area contributed by atoms with Crippen molar-refractivity contribution in [1.82, 2.24) is 5.32 Å². The van der Waals surface area contributed by atoms with E-state index in [9.17, 15) is 9.59 Å². The minimum atomic E-state index is -0.0732. The van der Waals surface area contributed by atoms with E-state index in [4.69, 9.17) is 25.8 Å². The van der Waals surface area contributed by atoms with Gasteiger partial charge in [-0.05, 0) is 32.6 Å². The van der Waals surface area contributed by atoms with Crippen LogP contribution < -0.4 is 5.32 Å². The van der Waals surface area contributed by atoms with Crippen molar-refractivity contribution in [2.75, 3.05) is 52.1 Å². The summed E-state index contributed by atoms with van der Waals surface area (Å²) in [6.07, 6.45) is 6.94. The summed E-state index contributed by atoms with van der Waals surface area (Å²) in [6.45, 7) is 6.33. The first-order valence-electron chi connectivity index (χ1n) is 10.3. The Kier molecular flexibility index (Phi) is 21.1. The lowest BCUT2D eigenvalue weighted by Gasteiger charge is -2.06. The van der Waals surface area contributed by atoms with Gasteiger partial charge in [-0.2, -0.15) is 0 Å². The summed E-state index contributed by atoms with van der Waals surface area (Å²) in [6, 6.07) is 0. The molecule has 7 heteroatoms. The molecule has 0 heterocycles. The fraction of sp³-hybridized carbons (Fsp3) is 0.900. The third kappa shape index (κ3) is 21.5. The van der Waals surface area contributed by atoms with Gasteiger partial charge in [0.2, 0.25) is 5.91 Å². The van der Waals surface area contributed by atoms with Crippen LogP contribution >= 0.6 is 11.6 Å². The Hall–Kier alpha value is -0.690. The van der Waals surface area contributed by atoms with Gasteiger partial charge in [0.15, 0.2) is 0 Å². The summed E-state index contributed by atoms with van der Waals surface area (Å²) in [5.74, 6) is 0.770. The van der Waals surface area contributed by atoms with Crippen molar-refractivity contribution in [2.45, 2.75) is 64.7 Å². The summed E-state index contributed by atoms with van der Waals surface area (Å²) in [5, 5.41) is 2.80. The monoisotopic (exact) mass is 407 g/mol. The molecule has 0 rings (SSSR count). The van der Waals surface area contributed by atoms with Crippen LogP contribution in [0, 0.1) is 0 Å². The molecule has 0 aromatic heterocycles. The molecule has 0 bridgehead atoms. The highest BCUT2D eigenvalue weighted by Crippen LogP contribution is 2.02. The number of carbonyl (C=O) groups is 2. The van der Waals surface area contributed by atoms with E-state index in [-0.39, 0.29) is 18.1 Å². The molecule has 0 spiro atoms.